The molecule has 0 spiro atoms. The highest BCUT2D eigenvalue weighted by Crippen LogP contribution is 2.29. The predicted molar refractivity (Wildman–Crippen MR) is 70.1 cm³/mol. The Labute approximate surface area is 102 Å². The van der Waals surface area contributed by atoms with Gasteiger partial charge in [0.05, 0.1) is 4.34 Å². The zero-order valence-electron chi connectivity index (χ0n) is 9.93. The van der Waals surface area contributed by atoms with Crippen molar-refractivity contribution in [3.8, 4) is 0 Å². The van der Waals surface area contributed by atoms with E-state index in [1.54, 1.807) is 11.3 Å². The lowest BCUT2D eigenvalue weighted by molar-refractivity contribution is 0.414. The molecule has 1 aromatic heterocycles. The van der Waals surface area contributed by atoms with Crippen LogP contribution in [0.5, 0.6) is 0 Å². The summed E-state index contributed by atoms with van der Waals surface area (Å²) in [5.41, 5.74) is 0.215. The first-order valence-electron chi connectivity index (χ1n) is 5.39. The van der Waals surface area contributed by atoms with E-state index < -0.39 is 0 Å². The third kappa shape index (κ3) is 5.01. The highest BCUT2D eigenvalue weighted by atomic mass is 35.5. The molecule has 1 aromatic rings. The fourth-order valence-corrected chi connectivity index (χ4v) is 2.55. The Balaban J connectivity index is 2.34. The van der Waals surface area contributed by atoms with Gasteiger partial charge >= 0.3 is 0 Å². The van der Waals surface area contributed by atoms with E-state index in [4.69, 9.17) is 11.6 Å². The second-order valence-corrected chi connectivity index (χ2v) is 6.76. The van der Waals surface area contributed by atoms with Gasteiger partial charge in [-0.25, -0.2) is 0 Å². The number of rotatable bonds is 4. The average molecular weight is 246 g/mol. The highest BCUT2D eigenvalue weighted by molar-refractivity contribution is 7.16. The molecule has 1 heterocycles. The lowest BCUT2D eigenvalue weighted by atomic mass is 10.0. The smallest absolute Gasteiger partial charge is 0.0931 e. The summed E-state index contributed by atoms with van der Waals surface area (Å²) in [6.07, 6.45) is 1.16. The van der Waals surface area contributed by atoms with Crippen molar-refractivity contribution in [2.24, 2.45) is 0 Å². The van der Waals surface area contributed by atoms with E-state index in [1.165, 1.54) is 4.88 Å². The van der Waals surface area contributed by atoms with Gasteiger partial charge in [0.15, 0.2) is 0 Å². The van der Waals surface area contributed by atoms with Crippen LogP contribution in [0, 0.1) is 0 Å². The Morgan fingerprint density at radius 2 is 2.07 bits per heavy atom. The summed E-state index contributed by atoms with van der Waals surface area (Å²) in [6.45, 7) is 9.89. The number of thiophene rings is 1. The van der Waals surface area contributed by atoms with Gasteiger partial charge in [-0.2, -0.15) is 0 Å². The van der Waals surface area contributed by atoms with E-state index >= 15 is 0 Å². The molecular formula is C12H20ClNS. The van der Waals surface area contributed by atoms with Crippen molar-refractivity contribution in [2.45, 2.75) is 45.6 Å². The lowest BCUT2D eigenvalue weighted by Crippen LogP contribution is -2.36. The van der Waals surface area contributed by atoms with Crippen LogP contribution in [0.2, 0.25) is 4.34 Å². The summed E-state index contributed by atoms with van der Waals surface area (Å²) in [5, 5.41) is 3.50. The molecule has 0 aliphatic rings. The zero-order chi connectivity index (χ0) is 11.5. The van der Waals surface area contributed by atoms with Crippen LogP contribution >= 0.6 is 22.9 Å². The van der Waals surface area contributed by atoms with Crippen molar-refractivity contribution in [3.05, 3.63) is 21.3 Å². The minimum atomic E-state index is 0.215. The quantitative estimate of drug-likeness (QED) is 0.835. The summed E-state index contributed by atoms with van der Waals surface area (Å²) in [7, 11) is 0. The second-order valence-electron chi connectivity index (χ2n) is 5.01. The first kappa shape index (κ1) is 13.0. The SMILES string of the molecule is CC(CCNC(C)(C)C)c1ccc(Cl)s1. The molecule has 15 heavy (non-hydrogen) atoms. The summed E-state index contributed by atoms with van der Waals surface area (Å²) in [6, 6.07) is 4.12. The van der Waals surface area contributed by atoms with Crippen LogP contribution in [0.15, 0.2) is 12.1 Å². The van der Waals surface area contributed by atoms with Gasteiger partial charge in [0, 0.05) is 10.4 Å². The van der Waals surface area contributed by atoms with Crippen LogP contribution in [0.1, 0.15) is 44.9 Å². The van der Waals surface area contributed by atoms with Crippen LogP contribution < -0.4 is 5.32 Å². The molecule has 1 nitrogen and oxygen atoms in total. The molecule has 1 atom stereocenters. The third-order valence-corrected chi connectivity index (χ3v) is 3.78. The van der Waals surface area contributed by atoms with E-state index in [-0.39, 0.29) is 5.54 Å². The number of hydrogen-bond acceptors (Lipinski definition) is 2. The Morgan fingerprint density at radius 3 is 2.53 bits per heavy atom. The number of nitrogens with one attached hydrogen (secondary N) is 1. The lowest BCUT2D eigenvalue weighted by Gasteiger charge is -2.21. The van der Waals surface area contributed by atoms with E-state index in [1.807, 2.05) is 6.07 Å². The maximum absolute atomic E-state index is 5.91. The number of halogens is 1. The van der Waals surface area contributed by atoms with Crippen LogP contribution in [-0.2, 0) is 0 Å². The van der Waals surface area contributed by atoms with Crippen molar-refractivity contribution >= 4 is 22.9 Å². The Bertz CT molecular complexity index is 301. The molecule has 0 saturated heterocycles. The van der Waals surface area contributed by atoms with Gasteiger partial charge in [0.25, 0.3) is 0 Å². The molecule has 0 aliphatic carbocycles. The molecule has 0 amide bonds. The van der Waals surface area contributed by atoms with Gasteiger partial charge < -0.3 is 5.32 Å². The van der Waals surface area contributed by atoms with Crippen LogP contribution in [0.4, 0.5) is 0 Å². The summed E-state index contributed by atoms with van der Waals surface area (Å²) in [4.78, 5) is 1.38. The van der Waals surface area contributed by atoms with Crippen LogP contribution in [0.25, 0.3) is 0 Å². The van der Waals surface area contributed by atoms with E-state index in [0.29, 0.717) is 5.92 Å². The topological polar surface area (TPSA) is 12.0 Å². The Hall–Kier alpha value is -0.0500. The van der Waals surface area contributed by atoms with Crippen LogP contribution in [-0.4, -0.2) is 12.1 Å². The maximum Gasteiger partial charge on any atom is 0.0931 e. The van der Waals surface area contributed by atoms with E-state index in [2.05, 4.69) is 39.1 Å². The minimum absolute atomic E-state index is 0.215. The average Bonchev–Trinajstić information content (AvgIpc) is 2.49. The summed E-state index contributed by atoms with van der Waals surface area (Å²) >= 11 is 7.61. The Morgan fingerprint density at radius 1 is 1.40 bits per heavy atom. The number of hydrogen-bond donors (Lipinski definition) is 1. The normalized spacial score (nSPS) is 14.2. The molecule has 1 rings (SSSR count). The van der Waals surface area contributed by atoms with Gasteiger partial charge in [0.1, 0.15) is 0 Å². The molecular weight excluding hydrogens is 226 g/mol. The summed E-state index contributed by atoms with van der Waals surface area (Å²) in [5.74, 6) is 0.595. The molecule has 86 valence electrons. The van der Waals surface area contributed by atoms with Crippen molar-refractivity contribution in [1.82, 2.24) is 5.32 Å². The summed E-state index contributed by atoms with van der Waals surface area (Å²) < 4.78 is 0.889. The molecule has 0 aromatic carbocycles. The standard InChI is InChI=1S/C12H20ClNS/c1-9(7-8-14-12(2,3)4)10-5-6-11(13)15-10/h5-6,9,14H,7-8H2,1-4H3. The van der Waals surface area contributed by atoms with Crippen LogP contribution in [0.3, 0.4) is 0 Å². The molecule has 0 fully saturated rings. The van der Waals surface area contributed by atoms with E-state index in [0.717, 1.165) is 17.3 Å². The largest absolute Gasteiger partial charge is 0.312 e. The first-order chi connectivity index (χ1) is 6.88. The second kappa shape index (κ2) is 5.33. The maximum atomic E-state index is 5.91. The fourth-order valence-electron chi connectivity index (χ4n) is 1.40. The van der Waals surface area contributed by atoms with Crippen molar-refractivity contribution in [1.29, 1.82) is 0 Å². The van der Waals surface area contributed by atoms with Gasteiger partial charge in [-0.15, -0.1) is 11.3 Å². The molecule has 0 saturated carbocycles. The molecule has 1 N–H and O–H groups in total. The molecule has 0 radical (unpaired) electrons. The monoisotopic (exact) mass is 245 g/mol. The van der Waals surface area contributed by atoms with Gasteiger partial charge in [-0.05, 0) is 51.8 Å². The predicted octanol–water partition coefficient (Wildman–Crippen LogP) is 4.28. The Kier molecular flexibility index (Phi) is 4.63. The molecule has 3 heteroatoms. The van der Waals surface area contributed by atoms with Crippen molar-refractivity contribution < 1.29 is 0 Å². The fraction of sp³-hybridized carbons (Fsp3) is 0.667. The minimum Gasteiger partial charge on any atom is -0.312 e. The molecule has 1 unspecified atom stereocenters. The van der Waals surface area contributed by atoms with E-state index in [9.17, 15) is 0 Å². The van der Waals surface area contributed by atoms with Gasteiger partial charge in [-0.1, -0.05) is 18.5 Å². The first-order valence-corrected chi connectivity index (χ1v) is 6.58. The van der Waals surface area contributed by atoms with Crippen molar-refractivity contribution in [3.63, 3.8) is 0 Å². The zero-order valence-corrected chi connectivity index (χ0v) is 11.5. The van der Waals surface area contributed by atoms with Gasteiger partial charge in [0.2, 0.25) is 0 Å². The van der Waals surface area contributed by atoms with Crippen molar-refractivity contribution in [2.75, 3.05) is 6.54 Å². The molecule has 0 bridgehead atoms. The third-order valence-electron chi connectivity index (χ3n) is 2.31. The van der Waals surface area contributed by atoms with Gasteiger partial charge in [-0.3, -0.25) is 0 Å². The molecule has 0 aliphatic heterocycles. The highest BCUT2D eigenvalue weighted by Gasteiger charge is 2.11.